The van der Waals surface area contributed by atoms with Crippen LogP contribution in [0, 0.1) is 0 Å². The van der Waals surface area contributed by atoms with Crippen molar-refractivity contribution < 1.29 is 27.8 Å². The van der Waals surface area contributed by atoms with Gasteiger partial charge in [-0.3, -0.25) is 4.90 Å². The average molecular weight is 407 g/mol. The van der Waals surface area contributed by atoms with Gasteiger partial charge in [0.1, 0.15) is 5.75 Å². The fourth-order valence-corrected chi connectivity index (χ4v) is 4.57. The van der Waals surface area contributed by atoms with Gasteiger partial charge in [0.05, 0.1) is 18.8 Å². The van der Waals surface area contributed by atoms with Crippen LogP contribution < -0.4 is 4.74 Å². The van der Waals surface area contributed by atoms with Crippen molar-refractivity contribution in [3.05, 3.63) is 65.7 Å². The molecule has 2 aliphatic rings. The Kier molecular flexibility index (Phi) is 5.55. The standard InChI is InChI=1S/C22H24F3NO3/c23-22(24,25)29-20-8-4-7-17(9-20)10-21(27)11-18-14-28-15-19(12-21)26(18)13-16-5-2-1-3-6-16/h1-9,18-19,27H,10-15H2. The van der Waals surface area contributed by atoms with Crippen molar-refractivity contribution in [2.45, 2.75) is 49.9 Å². The van der Waals surface area contributed by atoms with Gasteiger partial charge in [0, 0.05) is 25.0 Å². The lowest BCUT2D eigenvalue weighted by Crippen LogP contribution is -2.61. The lowest BCUT2D eigenvalue weighted by Gasteiger charge is -2.52. The zero-order valence-electron chi connectivity index (χ0n) is 15.9. The van der Waals surface area contributed by atoms with E-state index in [1.807, 2.05) is 18.2 Å². The van der Waals surface area contributed by atoms with Crippen molar-refractivity contribution in [3.8, 4) is 5.75 Å². The highest BCUT2D eigenvalue weighted by Crippen LogP contribution is 2.38. The number of fused-ring (bicyclic) bond motifs is 2. The number of halogens is 3. The summed E-state index contributed by atoms with van der Waals surface area (Å²) in [6.07, 6.45) is -3.41. The minimum atomic E-state index is -4.73. The summed E-state index contributed by atoms with van der Waals surface area (Å²) in [7, 11) is 0. The first-order chi connectivity index (χ1) is 13.8. The topological polar surface area (TPSA) is 41.9 Å². The molecule has 0 aromatic heterocycles. The predicted molar refractivity (Wildman–Crippen MR) is 101 cm³/mol. The van der Waals surface area contributed by atoms with Crippen LogP contribution in [0.3, 0.4) is 0 Å². The van der Waals surface area contributed by atoms with E-state index in [1.54, 1.807) is 6.07 Å². The van der Waals surface area contributed by atoms with Gasteiger partial charge in [-0.15, -0.1) is 13.2 Å². The van der Waals surface area contributed by atoms with Crippen LogP contribution in [0.25, 0.3) is 0 Å². The van der Waals surface area contributed by atoms with Crippen LogP contribution in [-0.4, -0.2) is 47.3 Å². The van der Waals surface area contributed by atoms with Gasteiger partial charge in [0.25, 0.3) is 0 Å². The molecule has 2 fully saturated rings. The monoisotopic (exact) mass is 407 g/mol. The van der Waals surface area contributed by atoms with Gasteiger partial charge in [-0.1, -0.05) is 42.5 Å². The first kappa shape index (κ1) is 20.2. The van der Waals surface area contributed by atoms with E-state index in [0.717, 1.165) is 6.54 Å². The Morgan fingerprint density at radius 2 is 1.66 bits per heavy atom. The summed E-state index contributed by atoms with van der Waals surface area (Å²) in [6, 6.07) is 16.2. The number of benzene rings is 2. The zero-order valence-corrected chi connectivity index (χ0v) is 15.9. The molecule has 2 aromatic carbocycles. The highest BCUT2D eigenvalue weighted by Gasteiger charge is 2.46. The maximum Gasteiger partial charge on any atom is 0.573 e. The maximum absolute atomic E-state index is 12.5. The second-order valence-electron chi connectivity index (χ2n) is 8.01. The number of nitrogens with zero attached hydrogens (tertiary/aromatic N) is 1. The van der Waals surface area contributed by atoms with Crippen LogP contribution in [0.15, 0.2) is 54.6 Å². The molecular weight excluding hydrogens is 383 g/mol. The number of hydrogen-bond acceptors (Lipinski definition) is 4. The molecule has 29 heavy (non-hydrogen) atoms. The third-order valence-electron chi connectivity index (χ3n) is 5.66. The number of piperidine rings is 1. The molecule has 2 bridgehead atoms. The van der Waals surface area contributed by atoms with Crippen LogP contribution in [0.4, 0.5) is 13.2 Å². The summed E-state index contributed by atoms with van der Waals surface area (Å²) in [6.45, 7) is 1.89. The Labute approximate surface area is 167 Å². The molecule has 2 saturated heterocycles. The van der Waals surface area contributed by atoms with Crippen LogP contribution in [0.2, 0.25) is 0 Å². The molecule has 2 aliphatic heterocycles. The van der Waals surface area contributed by atoms with Gasteiger partial charge in [0.2, 0.25) is 0 Å². The van der Waals surface area contributed by atoms with E-state index in [1.165, 1.54) is 23.8 Å². The van der Waals surface area contributed by atoms with E-state index in [2.05, 4.69) is 21.8 Å². The Balaban J connectivity index is 1.47. The summed E-state index contributed by atoms with van der Waals surface area (Å²) in [5.74, 6) is -0.261. The van der Waals surface area contributed by atoms with E-state index in [-0.39, 0.29) is 24.3 Å². The van der Waals surface area contributed by atoms with Crippen molar-refractivity contribution in [1.82, 2.24) is 4.90 Å². The molecule has 0 aliphatic carbocycles. The number of alkyl halides is 3. The molecule has 0 amide bonds. The highest BCUT2D eigenvalue weighted by atomic mass is 19.4. The molecule has 2 heterocycles. The summed E-state index contributed by atoms with van der Waals surface area (Å²) in [4.78, 5) is 2.39. The minimum Gasteiger partial charge on any atom is -0.406 e. The van der Waals surface area contributed by atoms with Crippen molar-refractivity contribution >= 4 is 0 Å². The number of morpholine rings is 1. The second kappa shape index (κ2) is 7.97. The molecule has 4 rings (SSSR count). The first-order valence-corrected chi connectivity index (χ1v) is 9.74. The van der Waals surface area contributed by atoms with E-state index >= 15 is 0 Å². The lowest BCUT2D eigenvalue weighted by molar-refractivity contribution is -0.274. The second-order valence-corrected chi connectivity index (χ2v) is 8.01. The summed E-state index contributed by atoms with van der Waals surface area (Å²) in [5, 5.41) is 11.3. The molecular formula is C22H24F3NO3. The quantitative estimate of drug-likeness (QED) is 0.816. The summed E-state index contributed by atoms with van der Waals surface area (Å²) < 4.78 is 47.2. The molecule has 0 spiro atoms. The molecule has 156 valence electrons. The average Bonchev–Trinajstić information content (AvgIpc) is 2.62. The van der Waals surface area contributed by atoms with Gasteiger partial charge in [-0.2, -0.15) is 0 Å². The van der Waals surface area contributed by atoms with Crippen LogP contribution in [0.5, 0.6) is 5.75 Å². The first-order valence-electron chi connectivity index (χ1n) is 9.74. The van der Waals surface area contributed by atoms with E-state index in [9.17, 15) is 18.3 Å². The Bertz CT molecular complexity index is 814. The predicted octanol–water partition coefficient (Wildman–Crippen LogP) is 3.92. The van der Waals surface area contributed by atoms with E-state index < -0.39 is 12.0 Å². The van der Waals surface area contributed by atoms with Gasteiger partial charge >= 0.3 is 6.36 Å². The van der Waals surface area contributed by atoms with E-state index in [0.29, 0.717) is 31.6 Å². The molecule has 2 atom stereocenters. The third kappa shape index (κ3) is 5.10. The fourth-order valence-electron chi connectivity index (χ4n) is 4.57. The summed E-state index contributed by atoms with van der Waals surface area (Å²) in [5.41, 5.74) is 0.861. The smallest absolute Gasteiger partial charge is 0.406 e. The molecule has 7 heteroatoms. The lowest BCUT2D eigenvalue weighted by atomic mass is 9.77. The molecule has 1 N–H and O–H groups in total. The Hall–Kier alpha value is -2.09. The third-order valence-corrected chi connectivity index (χ3v) is 5.66. The Morgan fingerprint density at radius 3 is 2.31 bits per heavy atom. The van der Waals surface area contributed by atoms with Crippen molar-refractivity contribution in [1.29, 1.82) is 0 Å². The van der Waals surface area contributed by atoms with Crippen LogP contribution in [-0.2, 0) is 17.7 Å². The van der Waals surface area contributed by atoms with Crippen molar-refractivity contribution in [2.24, 2.45) is 0 Å². The molecule has 0 radical (unpaired) electrons. The largest absolute Gasteiger partial charge is 0.573 e. The maximum atomic E-state index is 12.5. The minimum absolute atomic E-state index is 0.0716. The molecule has 2 unspecified atom stereocenters. The van der Waals surface area contributed by atoms with Crippen molar-refractivity contribution in [2.75, 3.05) is 13.2 Å². The zero-order chi connectivity index (χ0) is 20.5. The van der Waals surface area contributed by atoms with Gasteiger partial charge in [0.15, 0.2) is 0 Å². The summed E-state index contributed by atoms with van der Waals surface area (Å²) >= 11 is 0. The molecule has 4 nitrogen and oxygen atoms in total. The fraction of sp³-hybridized carbons (Fsp3) is 0.455. The van der Waals surface area contributed by atoms with Gasteiger partial charge < -0.3 is 14.6 Å². The molecule has 2 aromatic rings. The highest BCUT2D eigenvalue weighted by molar-refractivity contribution is 5.30. The number of rotatable bonds is 5. The van der Waals surface area contributed by atoms with Crippen LogP contribution >= 0.6 is 0 Å². The molecule has 0 saturated carbocycles. The normalized spacial score (nSPS) is 27.6. The number of hydrogen-bond donors (Lipinski definition) is 1. The van der Waals surface area contributed by atoms with Crippen LogP contribution in [0.1, 0.15) is 24.0 Å². The number of ether oxygens (including phenoxy) is 2. The SMILES string of the molecule is OC1(Cc2cccc(OC(F)(F)F)c2)CC2COCC(C1)N2Cc1ccccc1. The van der Waals surface area contributed by atoms with Crippen molar-refractivity contribution in [3.63, 3.8) is 0 Å². The van der Waals surface area contributed by atoms with Gasteiger partial charge in [-0.25, -0.2) is 0 Å². The van der Waals surface area contributed by atoms with Gasteiger partial charge in [-0.05, 0) is 36.1 Å². The Morgan fingerprint density at radius 1 is 1.00 bits per heavy atom. The van der Waals surface area contributed by atoms with E-state index in [4.69, 9.17) is 4.74 Å². The number of aliphatic hydroxyl groups is 1.